The number of esters is 1. The van der Waals surface area contributed by atoms with Gasteiger partial charge in [-0.3, -0.25) is 19.3 Å². The first-order valence-electron chi connectivity index (χ1n) is 18.7. The van der Waals surface area contributed by atoms with Crippen LogP contribution in [0, 0.1) is 0 Å². The first kappa shape index (κ1) is 39.1. The van der Waals surface area contributed by atoms with Gasteiger partial charge in [0.05, 0.1) is 18.8 Å². The van der Waals surface area contributed by atoms with E-state index in [9.17, 15) is 19.5 Å². The van der Waals surface area contributed by atoms with Gasteiger partial charge < -0.3 is 30.0 Å². The zero-order valence-corrected chi connectivity index (χ0v) is 31.1. The number of amides is 2. The van der Waals surface area contributed by atoms with E-state index in [1.165, 1.54) is 6.92 Å². The van der Waals surface area contributed by atoms with Gasteiger partial charge in [-0.2, -0.15) is 0 Å². The van der Waals surface area contributed by atoms with E-state index in [1.807, 2.05) is 69.3 Å². The number of benzene rings is 3. The van der Waals surface area contributed by atoms with Crippen LogP contribution in [0.3, 0.4) is 0 Å². The highest BCUT2D eigenvalue weighted by Gasteiger charge is 2.39. The van der Waals surface area contributed by atoms with Crippen LogP contribution in [0.4, 0.5) is 0 Å². The number of nitrogens with one attached hydrogen (secondary N) is 2. The van der Waals surface area contributed by atoms with Crippen LogP contribution >= 0.6 is 0 Å². The number of aliphatic hydroxyl groups is 1. The number of carbonyl (C=O) groups is 3. The number of ether oxygens (including phenoxy) is 3. The quantitative estimate of drug-likeness (QED) is 0.120. The van der Waals surface area contributed by atoms with Crippen molar-refractivity contribution in [3.8, 4) is 11.1 Å². The van der Waals surface area contributed by atoms with E-state index in [1.54, 1.807) is 0 Å². The Bertz CT molecular complexity index is 1620. The first-order chi connectivity index (χ1) is 25.0. The van der Waals surface area contributed by atoms with Crippen molar-refractivity contribution in [1.82, 2.24) is 15.5 Å². The smallest absolute Gasteiger partial charge is 0.323 e. The molecular weight excluding hydrogens is 658 g/mol. The Morgan fingerprint density at radius 3 is 2.35 bits per heavy atom. The molecule has 5 rings (SSSR count). The molecule has 4 atom stereocenters. The van der Waals surface area contributed by atoms with E-state index in [-0.39, 0.29) is 42.6 Å². The molecule has 0 spiro atoms. The van der Waals surface area contributed by atoms with Gasteiger partial charge >= 0.3 is 5.97 Å². The lowest BCUT2D eigenvalue weighted by Crippen LogP contribution is -2.45. The third-order valence-corrected chi connectivity index (χ3v) is 9.48. The van der Waals surface area contributed by atoms with Gasteiger partial charge in [-0.25, -0.2) is 0 Å². The molecule has 3 N–H and O–H groups in total. The molecule has 2 heterocycles. The Balaban J connectivity index is 1.23. The molecule has 4 unspecified atom stereocenters. The van der Waals surface area contributed by atoms with Crippen molar-refractivity contribution >= 4 is 17.8 Å². The maximum absolute atomic E-state index is 13.1. The van der Waals surface area contributed by atoms with Crippen molar-refractivity contribution in [1.29, 1.82) is 0 Å². The SMILES string of the molecule is CC(=O)NCCCCCC(=O)NCc1cccc(-c2ccc(C3OC(CN4CCCC4C(=O)OC(C)(C)C)CC(c4ccc(CO)cc4)O3)cc2)c1. The summed E-state index contributed by atoms with van der Waals surface area (Å²) in [7, 11) is 0. The number of aliphatic hydroxyl groups excluding tert-OH is 1. The lowest BCUT2D eigenvalue weighted by atomic mass is 9.98. The Hall–Kier alpha value is -4.09. The summed E-state index contributed by atoms with van der Waals surface area (Å²) in [6.45, 7) is 9.68. The molecule has 0 aromatic heterocycles. The van der Waals surface area contributed by atoms with E-state index in [4.69, 9.17) is 14.2 Å². The molecule has 0 aliphatic carbocycles. The summed E-state index contributed by atoms with van der Waals surface area (Å²) in [6.07, 6.45) is 4.32. The summed E-state index contributed by atoms with van der Waals surface area (Å²) in [5.41, 5.74) is 5.32. The van der Waals surface area contributed by atoms with Crippen molar-refractivity contribution in [3.05, 3.63) is 95.1 Å². The first-order valence-corrected chi connectivity index (χ1v) is 18.7. The van der Waals surface area contributed by atoms with E-state index < -0.39 is 11.9 Å². The number of nitrogens with zero attached hydrogens (tertiary/aromatic N) is 1. The molecule has 0 radical (unpaired) electrons. The van der Waals surface area contributed by atoms with Crippen molar-refractivity contribution in [2.45, 2.75) is 116 Å². The second kappa shape index (κ2) is 18.6. The Kier molecular flexibility index (Phi) is 14.0. The zero-order chi connectivity index (χ0) is 37.1. The Morgan fingerprint density at radius 1 is 0.885 bits per heavy atom. The minimum absolute atomic E-state index is 0.0197. The lowest BCUT2D eigenvalue weighted by Gasteiger charge is -2.38. The van der Waals surface area contributed by atoms with Gasteiger partial charge in [-0.05, 0) is 86.9 Å². The van der Waals surface area contributed by atoms with Crippen LogP contribution in [0.15, 0.2) is 72.8 Å². The predicted molar refractivity (Wildman–Crippen MR) is 200 cm³/mol. The van der Waals surface area contributed by atoms with Gasteiger partial charge in [0, 0.05) is 45.0 Å². The molecule has 10 heteroatoms. The molecule has 3 aromatic rings. The van der Waals surface area contributed by atoms with Crippen molar-refractivity contribution in [2.24, 2.45) is 0 Å². The van der Waals surface area contributed by atoms with Gasteiger partial charge in [0.1, 0.15) is 11.6 Å². The summed E-state index contributed by atoms with van der Waals surface area (Å²) in [6, 6.07) is 23.9. The van der Waals surface area contributed by atoms with Crippen molar-refractivity contribution in [3.63, 3.8) is 0 Å². The third kappa shape index (κ3) is 11.7. The topological polar surface area (TPSA) is 126 Å². The number of carbonyl (C=O) groups excluding carboxylic acids is 3. The molecular formula is C42H55N3O7. The van der Waals surface area contributed by atoms with Crippen LogP contribution < -0.4 is 10.6 Å². The molecule has 52 heavy (non-hydrogen) atoms. The van der Waals surface area contributed by atoms with E-state index in [2.05, 4.69) is 39.8 Å². The van der Waals surface area contributed by atoms with E-state index in [0.717, 1.165) is 72.0 Å². The molecule has 0 saturated carbocycles. The molecule has 2 saturated heterocycles. The number of hydrogen-bond acceptors (Lipinski definition) is 8. The number of rotatable bonds is 15. The van der Waals surface area contributed by atoms with Crippen molar-refractivity contribution in [2.75, 3.05) is 19.6 Å². The minimum atomic E-state index is -0.607. The summed E-state index contributed by atoms with van der Waals surface area (Å²) in [4.78, 5) is 38.7. The summed E-state index contributed by atoms with van der Waals surface area (Å²) in [5.74, 6) is -0.191. The van der Waals surface area contributed by atoms with Crippen LogP contribution in [-0.2, 0) is 41.7 Å². The molecule has 10 nitrogen and oxygen atoms in total. The van der Waals surface area contributed by atoms with Gasteiger partial charge in [-0.1, -0.05) is 73.2 Å². The molecule has 3 aromatic carbocycles. The minimum Gasteiger partial charge on any atom is -0.459 e. The van der Waals surface area contributed by atoms with Gasteiger partial charge in [0.15, 0.2) is 6.29 Å². The molecule has 2 aliphatic heterocycles. The van der Waals surface area contributed by atoms with E-state index in [0.29, 0.717) is 32.5 Å². The number of unbranched alkanes of at least 4 members (excludes halogenated alkanes) is 2. The van der Waals surface area contributed by atoms with Gasteiger partial charge in [-0.15, -0.1) is 0 Å². The maximum atomic E-state index is 13.1. The maximum Gasteiger partial charge on any atom is 0.323 e. The van der Waals surface area contributed by atoms with E-state index >= 15 is 0 Å². The van der Waals surface area contributed by atoms with Crippen LogP contribution in [0.2, 0.25) is 0 Å². The predicted octanol–water partition coefficient (Wildman–Crippen LogP) is 6.51. The lowest BCUT2D eigenvalue weighted by molar-refractivity contribution is -0.253. The second-order valence-corrected chi connectivity index (χ2v) is 14.9. The number of hydrogen-bond donors (Lipinski definition) is 3. The highest BCUT2D eigenvalue weighted by Crippen LogP contribution is 2.39. The molecule has 2 amide bonds. The third-order valence-electron chi connectivity index (χ3n) is 9.48. The normalized spacial score (nSPS) is 20.7. The second-order valence-electron chi connectivity index (χ2n) is 14.9. The fourth-order valence-electron chi connectivity index (χ4n) is 6.81. The summed E-state index contributed by atoms with van der Waals surface area (Å²) >= 11 is 0. The van der Waals surface area contributed by atoms with Crippen LogP contribution in [0.25, 0.3) is 11.1 Å². The average molecular weight is 714 g/mol. The Labute approximate surface area is 308 Å². The number of likely N-dealkylation sites (tertiary alicyclic amines) is 1. The highest BCUT2D eigenvalue weighted by molar-refractivity contribution is 5.77. The molecule has 2 aliphatic rings. The fourth-order valence-corrected chi connectivity index (χ4v) is 6.81. The Morgan fingerprint density at radius 2 is 1.63 bits per heavy atom. The van der Waals surface area contributed by atoms with Crippen LogP contribution in [0.5, 0.6) is 0 Å². The molecule has 280 valence electrons. The molecule has 2 fully saturated rings. The average Bonchev–Trinajstić information content (AvgIpc) is 3.60. The van der Waals surface area contributed by atoms with Gasteiger partial charge in [0.25, 0.3) is 0 Å². The van der Waals surface area contributed by atoms with Crippen LogP contribution in [-0.4, -0.2) is 65.2 Å². The zero-order valence-electron chi connectivity index (χ0n) is 31.1. The standard InChI is InChI=1S/C42H55N3O7/c1-29(47)43-22-7-5-6-13-39(48)44-26-31-10-8-11-35(24-31)32-18-20-34(21-19-32)41-50-36(25-38(51-41)33-16-14-30(28-46)15-17-33)27-45-23-9-12-37(45)40(49)52-42(2,3)4/h8,10-11,14-21,24,36-38,41,46H,5-7,9,12-13,22-23,25-28H2,1-4H3,(H,43,47)(H,44,48). The van der Waals surface area contributed by atoms with Crippen LogP contribution in [0.1, 0.15) is 107 Å². The molecule has 0 bridgehead atoms. The summed E-state index contributed by atoms with van der Waals surface area (Å²) < 4.78 is 19.0. The monoisotopic (exact) mass is 713 g/mol. The van der Waals surface area contributed by atoms with Gasteiger partial charge in [0.2, 0.25) is 11.8 Å². The van der Waals surface area contributed by atoms with Crippen molar-refractivity contribution < 1.29 is 33.7 Å². The highest BCUT2D eigenvalue weighted by atomic mass is 16.7. The fraction of sp³-hybridized carbons (Fsp3) is 0.500. The summed E-state index contributed by atoms with van der Waals surface area (Å²) in [5, 5.41) is 15.4. The largest absolute Gasteiger partial charge is 0.459 e.